The first-order valence-corrected chi connectivity index (χ1v) is 15.3. The molecule has 0 aromatic heterocycles. The maximum Gasteiger partial charge on any atom is 0.268 e. The van der Waals surface area contributed by atoms with Crippen LogP contribution < -0.4 is 29.0 Å². The highest BCUT2D eigenvalue weighted by atomic mass is 16.6. The highest BCUT2D eigenvalue weighted by Crippen LogP contribution is 2.41. The van der Waals surface area contributed by atoms with Crippen molar-refractivity contribution in [3.05, 3.63) is 77.4 Å². The highest BCUT2D eigenvalue weighted by Gasteiger charge is 2.39. The number of aryl methyl sites for hydroxylation is 1. The second kappa shape index (κ2) is 14.4. The van der Waals surface area contributed by atoms with E-state index >= 15 is 0 Å². The van der Waals surface area contributed by atoms with Crippen molar-refractivity contribution in [1.29, 1.82) is 0 Å². The lowest BCUT2D eigenvalue weighted by Gasteiger charge is -2.36. The van der Waals surface area contributed by atoms with E-state index in [2.05, 4.69) is 5.32 Å². The standard InChI is InChI=1S/C35H42N2O7/c1-23-12-8-9-13-24(23)18-19-37(35(39)31-22-43-27-16-10-11-17-28(27)44-31)32(34(38)36-26-14-6-5-7-15-26)25-20-29(40-2)33(42-4)30(21-25)41-3/h8-13,16-17,20-21,26,31-32H,5-7,14-15,18-19,22H2,1-4H3,(H,36,38)/t31-,32+/m1/s1. The molecule has 3 aromatic rings. The molecule has 9 heteroatoms. The van der Waals surface area contributed by atoms with Crippen molar-refractivity contribution in [1.82, 2.24) is 10.2 Å². The molecule has 1 heterocycles. The molecule has 9 nitrogen and oxygen atoms in total. The second-order valence-electron chi connectivity index (χ2n) is 11.3. The molecule has 0 saturated heterocycles. The van der Waals surface area contributed by atoms with E-state index in [1.807, 2.05) is 49.4 Å². The summed E-state index contributed by atoms with van der Waals surface area (Å²) in [6.07, 6.45) is 4.69. The fourth-order valence-electron chi connectivity index (χ4n) is 6.08. The Bertz CT molecular complexity index is 1430. The number of nitrogens with one attached hydrogen (secondary N) is 1. The van der Waals surface area contributed by atoms with Gasteiger partial charge in [0, 0.05) is 12.6 Å². The van der Waals surface area contributed by atoms with Gasteiger partial charge in [-0.25, -0.2) is 0 Å². The Labute approximate surface area is 259 Å². The van der Waals surface area contributed by atoms with Crippen LogP contribution in [0.4, 0.5) is 0 Å². The summed E-state index contributed by atoms with van der Waals surface area (Å²) >= 11 is 0. The number of para-hydroxylation sites is 2. The summed E-state index contributed by atoms with van der Waals surface area (Å²) in [5.74, 6) is 1.67. The Hall–Kier alpha value is -4.40. The quantitative estimate of drug-likeness (QED) is 0.313. The lowest BCUT2D eigenvalue weighted by Crippen LogP contribution is -2.53. The molecule has 0 radical (unpaired) electrons. The average molecular weight is 603 g/mol. The lowest BCUT2D eigenvalue weighted by atomic mass is 9.94. The average Bonchev–Trinajstić information content (AvgIpc) is 3.06. The fourth-order valence-corrected chi connectivity index (χ4v) is 6.08. The number of fused-ring (bicyclic) bond motifs is 1. The van der Waals surface area contributed by atoms with Crippen LogP contribution in [0, 0.1) is 6.92 Å². The van der Waals surface area contributed by atoms with Gasteiger partial charge < -0.3 is 33.9 Å². The first-order valence-electron chi connectivity index (χ1n) is 15.3. The second-order valence-corrected chi connectivity index (χ2v) is 11.3. The molecule has 1 saturated carbocycles. The van der Waals surface area contributed by atoms with Crippen molar-refractivity contribution in [2.45, 2.75) is 63.6 Å². The van der Waals surface area contributed by atoms with Gasteiger partial charge in [0.25, 0.3) is 5.91 Å². The monoisotopic (exact) mass is 602 g/mol. The number of hydrogen-bond donors (Lipinski definition) is 1. The van der Waals surface area contributed by atoms with Gasteiger partial charge in [-0.2, -0.15) is 0 Å². The molecule has 1 aliphatic carbocycles. The Kier molecular flexibility index (Phi) is 10.1. The van der Waals surface area contributed by atoms with Gasteiger partial charge in [0.15, 0.2) is 23.0 Å². The van der Waals surface area contributed by atoms with Crippen LogP contribution in [0.3, 0.4) is 0 Å². The topological polar surface area (TPSA) is 95.6 Å². The summed E-state index contributed by atoms with van der Waals surface area (Å²) in [7, 11) is 4.59. The van der Waals surface area contributed by atoms with Crippen molar-refractivity contribution < 1.29 is 33.3 Å². The lowest BCUT2D eigenvalue weighted by molar-refractivity contribution is -0.148. The van der Waals surface area contributed by atoms with Crippen molar-refractivity contribution in [3.8, 4) is 28.7 Å². The first kappa shape index (κ1) is 31.0. The van der Waals surface area contributed by atoms with Crippen LogP contribution >= 0.6 is 0 Å². The molecule has 0 unspecified atom stereocenters. The summed E-state index contributed by atoms with van der Waals surface area (Å²) < 4.78 is 29.0. The molecule has 234 valence electrons. The van der Waals surface area contributed by atoms with Gasteiger partial charge in [-0.1, -0.05) is 55.7 Å². The molecule has 0 bridgehead atoms. The zero-order chi connectivity index (χ0) is 31.1. The third kappa shape index (κ3) is 6.87. The van der Waals surface area contributed by atoms with Gasteiger partial charge in [0.1, 0.15) is 12.6 Å². The maximum absolute atomic E-state index is 14.5. The maximum atomic E-state index is 14.5. The molecule has 2 amide bonds. The molecule has 3 aromatic carbocycles. The molecular weight excluding hydrogens is 560 g/mol. The summed E-state index contributed by atoms with van der Waals surface area (Å²) in [5, 5.41) is 3.27. The Balaban J connectivity index is 1.57. The summed E-state index contributed by atoms with van der Waals surface area (Å²) in [5.41, 5.74) is 2.75. The first-order chi connectivity index (χ1) is 21.4. The van der Waals surface area contributed by atoms with E-state index in [0.29, 0.717) is 40.7 Å². The minimum absolute atomic E-state index is 0.0307. The molecule has 1 fully saturated rings. The van der Waals surface area contributed by atoms with E-state index in [0.717, 1.165) is 43.2 Å². The van der Waals surface area contributed by atoms with Crippen LogP contribution in [-0.4, -0.2) is 63.3 Å². The van der Waals surface area contributed by atoms with E-state index in [4.69, 9.17) is 23.7 Å². The normalized spacial score (nSPS) is 16.9. The van der Waals surface area contributed by atoms with E-state index < -0.39 is 12.1 Å². The molecular formula is C35H42N2O7. The number of nitrogens with zero attached hydrogens (tertiary/aromatic N) is 1. The molecule has 44 heavy (non-hydrogen) atoms. The Morgan fingerprint density at radius 1 is 0.909 bits per heavy atom. The summed E-state index contributed by atoms with van der Waals surface area (Å²) in [6, 6.07) is 17.9. The third-order valence-electron chi connectivity index (χ3n) is 8.46. The van der Waals surface area contributed by atoms with Gasteiger partial charge in [-0.15, -0.1) is 0 Å². The van der Waals surface area contributed by atoms with Crippen molar-refractivity contribution in [3.63, 3.8) is 0 Å². The Morgan fingerprint density at radius 2 is 1.57 bits per heavy atom. The smallest absolute Gasteiger partial charge is 0.268 e. The highest BCUT2D eigenvalue weighted by molar-refractivity contribution is 5.91. The van der Waals surface area contributed by atoms with Crippen LogP contribution in [0.5, 0.6) is 28.7 Å². The predicted molar refractivity (Wildman–Crippen MR) is 167 cm³/mol. The minimum Gasteiger partial charge on any atom is -0.493 e. The van der Waals surface area contributed by atoms with Crippen LogP contribution in [-0.2, 0) is 16.0 Å². The summed E-state index contributed by atoms with van der Waals surface area (Å²) in [6.45, 7) is 2.34. The van der Waals surface area contributed by atoms with Gasteiger partial charge in [0.05, 0.1) is 21.3 Å². The fraction of sp³-hybridized carbons (Fsp3) is 0.429. The third-order valence-corrected chi connectivity index (χ3v) is 8.46. The number of ether oxygens (including phenoxy) is 5. The SMILES string of the molecule is COc1cc([C@@H](C(=O)NC2CCCCC2)N(CCc2ccccc2C)C(=O)[C@H]2COc3ccccc3O2)cc(OC)c1OC. The van der Waals surface area contributed by atoms with E-state index in [1.165, 1.54) is 21.3 Å². The van der Waals surface area contributed by atoms with Crippen molar-refractivity contribution in [2.75, 3.05) is 34.5 Å². The van der Waals surface area contributed by atoms with Gasteiger partial charge >= 0.3 is 0 Å². The number of carbonyl (C=O) groups is 2. The number of carbonyl (C=O) groups excluding carboxylic acids is 2. The zero-order valence-corrected chi connectivity index (χ0v) is 26.0. The van der Waals surface area contributed by atoms with Crippen LogP contribution in [0.25, 0.3) is 0 Å². The zero-order valence-electron chi connectivity index (χ0n) is 26.0. The largest absolute Gasteiger partial charge is 0.493 e. The number of benzene rings is 3. The van der Waals surface area contributed by atoms with Crippen molar-refractivity contribution in [2.24, 2.45) is 0 Å². The van der Waals surface area contributed by atoms with Crippen LogP contribution in [0.15, 0.2) is 60.7 Å². The number of methoxy groups -OCH3 is 3. The molecule has 2 atom stereocenters. The van der Waals surface area contributed by atoms with Crippen LogP contribution in [0.1, 0.15) is 54.8 Å². The molecule has 5 rings (SSSR count). The van der Waals surface area contributed by atoms with Gasteiger partial charge in [-0.3, -0.25) is 9.59 Å². The number of amides is 2. The minimum atomic E-state index is -0.997. The van der Waals surface area contributed by atoms with Gasteiger partial charge in [0.2, 0.25) is 17.8 Å². The predicted octanol–water partition coefficient (Wildman–Crippen LogP) is 5.42. The molecule has 1 N–H and O–H groups in total. The van der Waals surface area contributed by atoms with E-state index in [9.17, 15) is 9.59 Å². The van der Waals surface area contributed by atoms with Gasteiger partial charge in [-0.05, 0) is 67.1 Å². The summed E-state index contributed by atoms with van der Waals surface area (Å²) in [4.78, 5) is 30.5. The van der Waals surface area contributed by atoms with E-state index in [-0.39, 0.29) is 31.0 Å². The van der Waals surface area contributed by atoms with E-state index in [1.54, 1.807) is 23.1 Å². The molecule has 0 spiro atoms. The number of rotatable bonds is 11. The molecule has 1 aliphatic heterocycles. The van der Waals surface area contributed by atoms with Crippen molar-refractivity contribution >= 4 is 11.8 Å². The van der Waals surface area contributed by atoms with Crippen LogP contribution in [0.2, 0.25) is 0 Å². The number of hydrogen-bond acceptors (Lipinski definition) is 7. The molecule has 2 aliphatic rings. The Morgan fingerprint density at radius 3 is 2.23 bits per heavy atom.